The zero-order valence-corrected chi connectivity index (χ0v) is 15.5. The van der Waals surface area contributed by atoms with Crippen molar-refractivity contribution in [3.8, 4) is 0 Å². The molecule has 2 aromatic rings. The molecule has 2 heterocycles. The van der Waals surface area contributed by atoms with Crippen LogP contribution in [0.2, 0.25) is 0 Å². The molecule has 1 atom stereocenters. The fourth-order valence-electron chi connectivity index (χ4n) is 2.61. The summed E-state index contributed by atoms with van der Waals surface area (Å²) in [6.07, 6.45) is 0. The molecule has 0 radical (unpaired) electrons. The van der Waals surface area contributed by atoms with E-state index in [0.29, 0.717) is 10.4 Å². The van der Waals surface area contributed by atoms with Crippen LogP contribution in [-0.4, -0.2) is 29.2 Å². The third kappa shape index (κ3) is 2.89. The van der Waals surface area contributed by atoms with E-state index in [9.17, 15) is 14.4 Å². The van der Waals surface area contributed by atoms with Crippen molar-refractivity contribution in [3.63, 3.8) is 0 Å². The molecule has 1 aliphatic heterocycles. The average molecular weight is 407 g/mol. The molecule has 0 unspecified atom stereocenters. The average Bonchev–Trinajstić information content (AvgIpc) is 3.06. The number of halogens is 1. The van der Waals surface area contributed by atoms with Crippen LogP contribution >= 0.6 is 27.3 Å². The van der Waals surface area contributed by atoms with E-state index in [1.807, 2.05) is 31.2 Å². The summed E-state index contributed by atoms with van der Waals surface area (Å²) in [5.41, 5.74) is 0.607. The highest BCUT2D eigenvalue weighted by Gasteiger charge is 2.49. The second kappa shape index (κ2) is 6.14. The van der Waals surface area contributed by atoms with Crippen LogP contribution < -0.4 is 5.32 Å². The Hall–Kier alpha value is -1.99. The number of hydrogen-bond acceptors (Lipinski definition) is 4. The number of Topliss-reactive ketones (excluding diaryl/α,β-unsaturated/α-hetero) is 1. The highest BCUT2D eigenvalue weighted by atomic mass is 79.9. The molecule has 0 spiro atoms. The van der Waals surface area contributed by atoms with Crippen molar-refractivity contribution < 1.29 is 14.4 Å². The van der Waals surface area contributed by atoms with E-state index in [1.165, 1.54) is 11.3 Å². The summed E-state index contributed by atoms with van der Waals surface area (Å²) in [4.78, 5) is 38.8. The molecule has 7 heteroatoms. The minimum atomic E-state index is -1.15. The highest BCUT2D eigenvalue weighted by Crippen LogP contribution is 2.30. The van der Waals surface area contributed by atoms with Gasteiger partial charge in [-0.3, -0.25) is 14.5 Å². The van der Waals surface area contributed by atoms with Crippen molar-refractivity contribution in [3.05, 3.63) is 56.2 Å². The second-order valence-corrected chi connectivity index (χ2v) is 8.30. The molecule has 0 bridgehead atoms. The molecule has 3 amide bonds. The van der Waals surface area contributed by atoms with Gasteiger partial charge in [0.1, 0.15) is 5.54 Å². The van der Waals surface area contributed by atoms with Crippen molar-refractivity contribution in [2.45, 2.75) is 19.4 Å². The summed E-state index contributed by atoms with van der Waals surface area (Å²) in [6, 6.07) is 10.3. The molecule has 0 aliphatic carbocycles. The quantitative estimate of drug-likeness (QED) is 0.624. The number of benzene rings is 1. The first-order valence-corrected chi connectivity index (χ1v) is 8.92. The lowest BCUT2D eigenvalue weighted by Gasteiger charge is -2.22. The summed E-state index contributed by atoms with van der Waals surface area (Å²) >= 11 is 4.57. The maximum Gasteiger partial charge on any atom is 0.325 e. The highest BCUT2D eigenvalue weighted by molar-refractivity contribution is 9.11. The molecular formula is C17H15BrN2O3S. The van der Waals surface area contributed by atoms with E-state index in [0.717, 1.165) is 14.2 Å². The van der Waals surface area contributed by atoms with Crippen molar-refractivity contribution in [1.29, 1.82) is 0 Å². The zero-order chi connectivity index (χ0) is 17.5. The fourth-order valence-corrected chi connectivity index (χ4v) is 3.92. The summed E-state index contributed by atoms with van der Waals surface area (Å²) in [5, 5.41) is 2.71. The number of thiophene rings is 1. The molecule has 1 aromatic heterocycles. The van der Waals surface area contributed by atoms with Crippen LogP contribution in [0.5, 0.6) is 0 Å². The molecule has 5 nitrogen and oxygen atoms in total. The van der Waals surface area contributed by atoms with Gasteiger partial charge in [0.2, 0.25) is 0 Å². The molecule has 1 aromatic carbocycles. The van der Waals surface area contributed by atoms with E-state index in [-0.39, 0.29) is 12.3 Å². The molecular weight excluding hydrogens is 392 g/mol. The number of nitrogens with one attached hydrogen (secondary N) is 1. The topological polar surface area (TPSA) is 66.5 Å². The maximum absolute atomic E-state index is 12.8. The van der Waals surface area contributed by atoms with Gasteiger partial charge in [-0.2, -0.15) is 0 Å². The first kappa shape index (κ1) is 16.9. The minimum Gasteiger partial charge on any atom is -0.319 e. The van der Waals surface area contributed by atoms with Gasteiger partial charge in [-0.15, -0.1) is 11.3 Å². The summed E-state index contributed by atoms with van der Waals surface area (Å²) < 4.78 is 0.826. The lowest BCUT2D eigenvalue weighted by molar-refractivity contribution is -0.130. The third-order valence-corrected chi connectivity index (χ3v) is 5.72. The van der Waals surface area contributed by atoms with Gasteiger partial charge in [0.15, 0.2) is 5.78 Å². The summed E-state index contributed by atoms with van der Waals surface area (Å²) in [5.74, 6) is -0.678. The number of rotatable bonds is 4. The van der Waals surface area contributed by atoms with Crippen LogP contribution in [-0.2, 0) is 10.3 Å². The number of carbonyl (C=O) groups is 3. The number of hydrogen-bond donors (Lipinski definition) is 1. The minimum absolute atomic E-state index is 0.262. The van der Waals surface area contributed by atoms with Gasteiger partial charge in [0.05, 0.1) is 15.2 Å². The largest absolute Gasteiger partial charge is 0.325 e. The van der Waals surface area contributed by atoms with Crippen LogP contribution in [0.25, 0.3) is 0 Å². The Kier molecular flexibility index (Phi) is 4.31. The van der Waals surface area contributed by atoms with E-state index in [4.69, 9.17) is 0 Å². The first-order valence-electron chi connectivity index (χ1n) is 7.31. The standard InChI is InChI=1S/C17H15BrN2O3S/c1-10-3-5-11(6-4-10)17(2)15(22)20(16(23)19-17)9-12(21)13-7-8-14(18)24-13/h3-8H,9H2,1-2H3,(H,19,23)/t17-/m1/s1. The Morgan fingerprint density at radius 1 is 1.21 bits per heavy atom. The zero-order valence-electron chi connectivity index (χ0n) is 13.1. The number of aryl methyl sites for hydroxylation is 1. The third-order valence-electron chi connectivity index (χ3n) is 4.05. The van der Waals surface area contributed by atoms with Crippen LogP contribution in [0, 0.1) is 6.92 Å². The molecule has 124 valence electrons. The van der Waals surface area contributed by atoms with Gasteiger partial charge in [-0.1, -0.05) is 29.8 Å². The molecule has 0 saturated carbocycles. The number of carbonyl (C=O) groups excluding carboxylic acids is 3. The lowest BCUT2D eigenvalue weighted by Crippen LogP contribution is -2.41. The predicted octanol–water partition coefficient (Wildman–Crippen LogP) is 3.47. The molecule has 24 heavy (non-hydrogen) atoms. The summed E-state index contributed by atoms with van der Waals surface area (Å²) in [6.45, 7) is 3.34. The number of ketones is 1. The number of imide groups is 1. The van der Waals surface area contributed by atoms with Crippen molar-refractivity contribution in [1.82, 2.24) is 10.2 Å². The lowest BCUT2D eigenvalue weighted by atomic mass is 9.91. The molecule has 3 rings (SSSR count). The Morgan fingerprint density at radius 2 is 1.88 bits per heavy atom. The molecule has 1 fully saturated rings. The summed E-state index contributed by atoms with van der Waals surface area (Å²) in [7, 11) is 0. The number of urea groups is 1. The Labute approximate surface area is 151 Å². The molecule has 1 aliphatic rings. The van der Waals surface area contributed by atoms with Crippen LogP contribution in [0.15, 0.2) is 40.2 Å². The van der Waals surface area contributed by atoms with Gasteiger partial charge in [0, 0.05) is 0 Å². The normalized spacial score (nSPS) is 20.4. The van der Waals surface area contributed by atoms with Gasteiger partial charge in [0.25, 0.3) is 5.91 Å². The monoisotopic (exact) mass is 406 g/mol. The fraction of sp³-hybridized carbons (Fsp3) is 0.235. The Balaban J connectivity index is 1.83. The number of nitrogens with zero attached hydrogens (tertiary/aromatic N) is 1. The van der Waals surface area contributed by atoms with E-state index in [1.54, 1.807) is 19.1 Å². The Bertz CT molecular complexity index is 831. The van der Waals surface area contributed by atoms with Crippen molar-refractivity contribution in [2.75, 3.05) is 6.54 Å². The second-order valence-electron chi connectivity index (χ2n) is 5.84. The van der Waals surface area contributed by atoms with Gasteiger partial charge < -0.3 is 5.32 Å². The maximum atomic E-state index is 12.8. The molecule has 1 N–H and O–H groups in total. The first-order chi connectivity index (χ1) is 11.3. The van der Waals surface area contributed by atoms with E-state index < -0.39 is 17.5 Å². The molecule has 1 saturated heterocycles. The smallest absolute Gasteiger partial charge is 0.319 e. The van der Waals surface area contributed by atoms with Gasteiger partial charge in [-0.05, 0) is 47.5 Å². The van der Waals surface area contributed by atoms with Gasteiger partial charge >= 0.3 is 6.03 Å². The predicted molar refractivity (Wildman–Crippen MR) is 95.1 cm³/mol. The van der Waals surface area contributed by atoms with Gasteiger partial charge in [-0.25, -0.2) is 4.79 Å². The van der Waals surface area contributed by atoms with Crippen molar-refractivity contribution >= 4 is 45.0 Å². The van der Waals surface area contributed by atoms with E-state index in [2.05, 4.69) is 21.2 Å². The van der Waals surface area contributed by atoms with Crippen LogP contribution in [0.4, 0.5) is 4.79 Å². The van der Waals surface area contributed by atoms with Crippen molar-refractivity contribution in [2.24, 2.45) is 0 Å². The van der Waals surface area contributed by atoms with Crippen LogP contribution in [0.3, 0.4) is 0 Å². The SMILES string of the molecule is Cc1ccc([C@@]2(C)NC(=O)N(CC(=O)c3ccc(Br)s3)C2=O)cc1. The van der Waals surface area contributed by atoms with Crippen LogP contribution in [0.1, 0.15) is 27.7 Å². The number of amides is 3. The Morgan fingerprint density at radius 3 is 2.46 bits per heavy atom. The van der Waals surface area contributed by atoms with E-state index >= 15 is 0 Å².